The first-order chi connectivity index (χ1) is 10.1. The largest absolute Gasteiger partial charge is 0.392 e. The fourth-order valence-corrected chi connectivity index (χ4v) is 3.09. The van der Waals surface area contributed by atoms with Crippen LogP contribution in [-0.4, -0.2) is 60.8 Å². The summed E-state index contributed by atoms with van der Waals surface area (Å²) in [7, 11) is 0. The lowest BCUT2D eigenvalue weighted by Crippen LogP contribution is -2.53. The summed E-state index contributed by atoms with van der Waals surface area (Å²) in [6.45, 7) is 3.60. The van der Waals surface area contributed by atoms with Crippen LogP contribution in [0.15, 0.2) is 24.3 Å². The van der Waals surface area contributed by atoms with Gasteiger partial charge in [0.1, 0.15) is 0 Å². The zero-order chi connectivity index (χ0) is 14.8. The van der Waals surface area contributed by atoms with E-state index in [1.54, 1.807) is 0 Å². The molecule has 2 fully saturated rings. The summed E-state index contributed by atoms with van der Waals surface area (Å²) in [4.78, 5) is 16.5. The van der Waals surface area contributed by atoms with Gasteiger partial charge in [0.2, 0.25) is 5.91 Å². The van der Waals surface area contributed by atoms with Crippen LogP contribution >= 0.6 is 36.4 Å². The van der Waals surface area contributed by atoms with Gasteiger partial charge in [-0.1, -0.05) is 11.6 Å². The summed E-state index contributed by atoms with van der Waals surface area (Å²) >= 11 is 5.90. The van der Waals surface area contributed by atoms with Gasteiger partial charge in [-0.15, -0.1) is 24.8 Å². The number of benzene rings is 1. The van der Waals surface area contributed by atoms with Crippen LogP contribution in [0.1, 0.15) is 6.42 Å². The topological polar surface area (TPSA) is 55.8 Å². The van der Waals surface area contributed by atoms with E-state index >= 15 is 0 Å². The Morgan fingerprint density at radius 3 is 2.26 bits per heavy atom. The van der Waals surface area contributed by atoms with Crippen molar-refractivity contribution < 1.29 is 9.90 Å². The second kappa shape index (κ2) is 8.94. The number of halogens is 3. The summed E-state index contributed by atoms with van der Waals surface area (Å²) in [6, 6.07) is 7.57. The van der Waals surface area contributed by atoms with Crippen LogP contribution in [0.2, 0.25) is 5.02 Å². The molecule has 2 N–H and O–H groups in total. The summed E-state index contributed by atoms with van der Waals surface area (Å²) in [5, 5.41) is 13.3. The average molecular weight is 383 g/mol. The second-order valence-corrected chi connectivity index (χ2v) is 6.08. The lowest BCUT2D eigenvalue weighted by atomic mass is 10.1. The Kier molecular flexibility index (Phi) is 7.90. The molecular weight excluding hydrogens is 361 g/mol. The van der Waals surface area contributed by atoms with Crippen molar-refractivity contribution >= 4 is 48.0 Å². The third-order valence-electron chi connectivity index (χ3n) is 4.19. The van der Waals surface area contributed by atoms with E-state index in [0.29, 0.717) is 13.0 Å². The standard InChI is InChI=1S/C15H20ClN3O2.2ClH/c16-11-1-3-12(4-2-11)18-5-7-19(8-6-18)15(21)14-9-13(20)10-17-14;;/h1-4,13-14,17,20H,5-10H2;2*1H. The minimum absolute atomic E-state index is 0. The fraction of sp³-hybridized carbons (Fsp3) is 0.533. The Morgan fingerprint density at radius 1 is 1.13 bits per heavy atom. The number of rotatable bonds is 2. The maximum absolute atomic E-state index is 12.4. The van der Waals surface area contributed by atoms with Crippen molar-refractivity contribution in [3.63, 3.8) is 0 Å². The molecule has 130 valence electrons. The minimum atomic E-state index is -0.394. The van der Waals surface area contributed by atoms with Gasteiger partial charge in [-0.25, -0.2) is 0 Å². The maximum atomic E-state index is 12.4. The highest BCUT2D eigenvalue weighted by molar-refractivity contribution is 6.30. The first-order valence-electron chi connectivity index (χ1n) is 7.34. The van der Waals surface area contributed by atoms with E-state index in [4.69, 9.17) is 11.6 Å². The summed E-state index contributed by atoms with van der Waals surface area (Å²) in [5.74, 6) is 0.113. The normalized spacial score (nSPS) is 23.9. The van der Waals surface area contributed by atoms with Gasteiger partial charge in [-0.2, -0.15) is 0 Å². The molecule has 3 rings (SSSR count). The molecule has 0 saturated carbocycles. The van der Waals surface area contributed by atoms with Crippen LogP contribution < -0.4 is 10.2 Å². The lowest BCUT2D eigenvalue weighted by molar-refractivity contribution is -0.133. The number of hydrogen-bond acceptors (Lipinski definition) is 4. The Labute approximate surface area is 153 Å². The van der Waals surface area contributed by atoms with Crippen molar-refractivity contribution in [2.24, 2.45) is 0 Å². The van der Waals surface area contributed by atoms with Crippen molar-refractivity contribution in [1.82, 2.24) is 10.2 Å². The van der Waals surface area contributed by atoms with Gasteiger partial charge in [0.05, 0.1) is 12.1 Å². The van der Waals surface area contributed by atoms with E-state index in [1.807, 2.05) is 29.2 Å². The van der Waals surface area contributed by atoms with E-state index in [1.165, 1.54) is 0 Å². The van der Waals surface area contributed by atoms with Gasteiger partial charge in [-0.3, -0.25) is 4.79 Å². The first kappa shape index (κ1) is 20.3. The van der Waals surface area contributed by atoms with Crippen molar-refractivity contribution in [1.29, 1.82) is 0 Å². The van der Waals surface area contributed by atoms with E-state index < -0.39 is 6.10 Å². The van der Waals surface area contributed by atoms with Gasteiger partial charge in [-0.05, 0) is 30.7 Å². The van der Waals surface area contributed by atoms with Crippen molar-refractivity contribution in [3.05, 3.63) is 29.3 Å². The van der Waals surface area contributed by atoms with E-state index in [-0.39, 0.29) is 36.8 Å². The molecule has 0 spiro atoms. The molecule has 23 heavy (non-hydrogen) atoms. The molecule has 2 unspecified atom stereocenters. The van der Waals surface area contributed by atoms with E-state index in [0.717, 1.165) is 36.9 Å². The van der Waals surface area contributed by atoms with E-state index in [9.17, 15) is 9.90 Å². The van der Waals surface area contributed by atoms with Crippen LogP contribution in [0.3, 0.4) is 0 Å². The lowest BCUT2D eigenvalue weighted by Gasteiger charge is -2.37. The van der Waals surface area contributed by atoms with Gasteiger partial charge < -0.3 is 20.2 Å². The smallest absolute Gasteiger partial charge is 0.239 e. The average Bonchev–Trinajstić information content (AvgIpc) is 2.94. The Hall–Kier alpha value is -0.720. The quantitative estimate of drug-likeness (QED) is 0.815. The van der Waals surface area contributed by atoms with Crippen LogP contribution in [0.25, 0.3) is 0 Å². The minimum Gasteiger partial charge on any atom is -0.392 e. The number of anilines is 1. The van der Waals surface area contributed by atoms with Crippen LogP contribution in [0, 0.1) is 0 Å². The molecule has 8 heteroatoms. The highest BCUT2D eigenvalue weighted by Crippen LogP contribution is 2.20. The maximum Gasteiger partial charge on any atom is 0.239 e. The molecule has 2 heterocycles. The molecule has 5 nitrogen and oxygen atoms in total. The number of carbonyl (C=O) groups is 1. The molecular formula is C15H22Cl3N3O2. The fourth-order valence-electron chi connectivity index (χ4n) is 2.96. The van der Waals surface area contributed by atoms with Gasteiger partial charge in [0.25, 0.3) is 0 Å². The number of hydrogen-bond donors (Lipinski definition) is 2. The third-order valence-corrected chi connectivity index (χ3v) is 4.44. The number of nitrogens with one attached hydrogen (secondary N) is 1. The van der Waals surface area contributed by atoms with Crippen LogP contribution in [0.4, 0.5) is 5.69 Å². The SMILES string of the molecule is Cl.Cl.O=C(C1CC(O)CN1)N1CCN(c2ccc(Cl)cc2)CC1. The van der Waals surface area contributed by atoms with Crippen molar-refractivity contribution in [2.45, 2.75) is 18.6 Å². The van der Waals surface area contributed by atoms with Crippen molar-refractivity contribution in [2.75, 3.05) is 37.6 Å². The monoisotopic (exact) mass is 381 g/mol. The molecule has 2 atom stereocenters. The van der Waals surface area contributed by atoms with Gasteiger partial charge >= 0.3 is 0 Å². The molecule has 0 radical (unpaired) electrons. The molecule has 1 amide bonds. The number of aliphatic hydroxyl groups is 1. The van der Waals surface area contributed by atoms with Gasteiger partial charge in [0, 0.05) is 43.4 Å². The summed E-state index contributed by atoms with van der Waals surface area (Å²) in [5.41, 5.74) is 1.14. The number of nitrogens with zero attached hydrogens (tertiary/aromatic N) is 2. The summed E-state index contributed by atoms with van der Waals surface area (Å²) < 4.78 is 0. The second-order valence-electron chi connectivity index (χ2n) is 5.64. The molecule has 0 bridgehead atoms. The highest BCUT2D eigenvalue weighted by Gasteiger charge is 2.32. The molecule has 1 aromatic rings. The molecule has 2 aliphatic heterocycles. The van der Waals surface area contributed by atoms with Gasteiger partial charge in [0.15, 0.2) is 0 Å². The molecule has 1 aromatic carbocycles. The Balaban J connectivity index is 0.00000132. The highest BCUT2D eigenvalue weighted by atomic mass is 35.5. The van der Waals surface area contributed by atoms with Crippen LogP contribution in [0.5, 0.6) is 0 Å². The molecule has 2 aliphatic rings. The zero-order valence-electron chi connectivity index (χ0n) is 12.7. The first-order valence-corrected chi connectivity index (χ1v) is 7.72. The number of carbonyl (C=O) groups excluding carboxylic acids is 1. The Bertz CT molecular complexity index is 507. The predicted molar refractivity (Wildman–Crippen MR) is 97.2 cm³/mol. The number of aliphatic hydroxyl groups excluding tert-OH is 1. The number of β-amino-alcohol motifs (C(OH)–C–C–N with tert-alkyl or cyclic N) is 1. The molecule has 2 saturated heterocycles. The Morgan fingerprint density at radius 2 is 1.74 bits per heavy atom. The van der Waals surface area contributed by atoms with Crippen molar-refractivity contribution in [3.8, 4) is 0 Å². The van der Waals surface area contributed by atoms with E-state index in [2.05, 4.69) is 10.2 Å². The third kappa shape index (κ3) is 4.88. The molecule has 0 aliphatic carbocycles. The molecule has 0 aromatic heterocycles. The predicted octanol–water partition coefficient (Wildman–Crippen LogP) is 1.55. The van der Waals surface area contributed by atoms with Crippen LogP contribution in [-0.2, 0) is 4.79 Å². The zero-order valence-corrected chi connectivity index (χ0v) is 15.0. The number of piperazine rings is 1. The number of amides is 1. The summed E-state index contributed by atoms with van der Waals surface area (Å²) in [6.07, 6.45) is 0.130.